The smallest absolute Gasteiger partial charge is 0.181 e. The van der Waals surface area contributed by atoms with E-state index in [0.717, 1.165) is 22.8 Å². The standard InChI is InChI=1S/C26H29N5O/c1-25(2,3)26(4,20-11-9-19(10-12-20)24-28-29-30-31(24)5)21-13-15-23(16-14-21)32-18-22-8-6-7-17-27-22/h6-17H,18H2,1-5H3. The third-order valence-corrected chi connectivity index (χ3v) is 6.39. The number of pyridine rings is 1. The van der Waals surface area contributed by atoms with Crippen LogP contribution >= 0.6 is 0 Å². The Morgan fingerprint density at radius 2 is 1.50 bits per heavy atom. The summed E-state index contributed by atoms with van der Waals surface area (Å²) in [7, 11) is 1.85. The zero-order valence-electron chi connectivity index (χ0n) is 19.3. The lowest BCUT2D eigenvalue weighted by Crippen LogP contribution is -2.38. The van der Waals surface area contributed by atoms with Crippen LogP contribution < -0.4 is 4.74 Å². The second-order valence-corrected chi connectivity index (χ2v) is 9.21. The van der Waals surface area contributed by atoms with E-state index in [0.29, 0.717) is 6.61 Å². The van der Waals surface area contributed by atoms with Crippen molar-refractivity contribution < 1.29 is 4.74 Å². The van der Waals surface area contributed by atoms with Crippen LogP contribution in [0.3, 0.4) is 0 Å². The zero-order valence-corrected chi connectivity index (χ0v) is 19.3. The Balaban J connectivity index is 1.61. The number of ether oxygens (including phenoxy) is 1. The molecule has 0 saturated carbocycles. The molecule has 0 spiro atoms. The maximum atomic E-state index is 5.94. The largest absolute Gasteiger partial charge is 0.487 e. The van der Waals surface area contributed by atoms with Gasteiger partial charge in [-0.05, 0) is 51.2 Å². The number of aromatic nitrogens is 5. The van der Waals surface area contributed by atoms with Crippen LogP contribution in [0.1, 0.15) is 44.5 Å². The van der Waals surface area contributed by atoms with E-state index in [2.05, 4.69) is 84.6 Å². The van der Waals surface area contributed by atoms with E-state index in [1.807, 2.05) is 37.4 Å². The molecule has 6 nitrogen and oxygen atoms in total. The summed E-state index contributed by atoms with van der Waals surface area (Å²) < 4.78 is 7.62. The highest BCUT2D eigenvalue weighted by atomic mass is 16.5. The van der Waals surface area contributed by atoms with Crippen molar-refractivity contribution in [2.24, 2.45) is 12.5 Å². The third kappa shape index (κ3) is 4.13. The van der Waals surface area contributed by atoms with Crippen LogP contribution in [0.4, 0.5) is 0 Å². The molecular formula is C26H29N5O. The minimum atomic E-state index is -0.205. The van der Waals surface area contributed by atoms with Gasteiger partial charge in [0, 0.05) is 24.2 Å². The van der Waals surface area contributed by atoms with E-state index in [4.69, 9.17) is 4.74 Å². The fourth-order valence-electron chi connectivity index (χ4n) is 3.98. The molecule has 0 amide bonds. The summed E-state index contributed by atoms with van der Waals surface area (Å²) in [6.07, 6.45) is 1.78. The van der Waals surface area contributed by atoms with Crippen LogP contribution in [0, 0.1) is 5.41 Å². The maximum absolute atomic E-state index is 5.94. The van der Waals surface area contributed by atoms with Gasteiger partial charge in [0.1, 0.15) is 12.4 Å². The Bertz CT molecular complexity index is 1160. The fraction of sp³-hybridized carbons (Fsp3) is 0.308. The first-order valence-electron chi connectivity index (χ1n) is 10.8. The molecule has 4 rings (SSSR count). The van der Waals surface area contributed by atoms with Crippen molar-refractivity contribution in [2.45, 2.75) is 39.7 Å². The van der Waals surface area contributed by atoms with Crippen LogP contribution in [0.15, 0.2) is 72.9 Å². The van der Waals surface area contributed by atoms with E-state index in [1.54, 1.807) is 10.9 Å². The summed E-state index contributed by atoms with van der Waals surface area (Å²) in [5, 5.41) is 11.8. The van der Waals surface area contributed by atoms with E-state index in [1.165, 1.54) is 11.1 Å². The summed E-state index contributed by atoms with van der Waals surface area (Å²) in [4.78, 5) is 4.31. The first-order chi connectivity index (χ1) is 15.3. The molecule has 0 bridgehead atoms. The summed E-state index contributed by atoms with van der Waals surface area (Å²) in [6, 6.07) is 22.8. The highest BCUT2D eigenvalue weighted by Crippen LogP contribution is 2.47. The lowest BCUT2D eigenvalue weighted by molar-refractivity contribution is 0.248. The van der Waals surface area contributed by atoms with Crippen molar-refractivity contribution in [3.63, 3.8) is 0 Å². The van der Waals surface area contributed by atoms with Crippen LogP contribution in [0.5, 0.6) is 5.75 Å². The maximum Gasteiger partial charge on any atom is 0.181 e. The number of tetrazole rings is 1. The topological polar surface area (TPSA) is 65.7 Å². The summed E-state index contributed by atoms with van der Waals surface area (Å²) in [5.74, 6) is 1.59. The zero-order chi connectivity index (χ0) is 22.8. The average Bonchev–Trinajstić information content (AvgIpc) is 3.23. The molecule has 0 radical (unpaired) electrons. The van der Waals surface area contributed by atoms with Gasteiger partial charge in [-0.3, -0.25) is 4.98 Å². The number of benzene rings is 2. The quantitative estimate of drug-likeness (QED) is 0.423. The van der Waals surface area contributed by atoms with Crippen molar-refractivity contribution in [1.82, 2.24) is 25.2 Å². The van der Waals surface area contributed by atoms with Gasteiger partial charge in [0.15, 0.2) is 5.82 Å². The SMILES string of the molecule is Cn1nnnc1-c1ccc(C(C)(c2ccc(OCc3ccccn3)cc2)C(C)(C)C)cc1. The van der Waals surface area contributed by atoms with Crippen LogP contribution in [-0.2, 0) is 19.1 Å². The molecule has 0 aliphatic carbocycles. The summed E-state index contributed by atoms with van der Waals surface area (Å²) in [6.45, 7) is 9.59. The number of aryl methyl sites for hydroxylation is 1. The Morgan fingerprint density at radius 3 is 2.03 bits per heavy atom. The van der Waals surface area contributed by atoms with Gasteiger partial charge in [-0.15, -0.1) is 5.10 Å². The molecule has 0 aliphatic rings. The lowest BCUT2D eigenvalue weighted by Gasteiger charge is -2.43. The lowest BCUT2D eigenvalue weighted by atomic mass is 9.60. The highest BCUT2D eigenvalue weighted by molar-refractivity contribution is 5.56. The molecular weight excluding hydrogens is 398 g/mol. The average molecular weight is 428 g/mol. The summed E-state index contributed by atoms with van der Waals surface area (Å²) >= 11 is 0. The van der Waals surface area contributed by atoms with Crippen LogP contribution in [0.25, 0.3) is 11.4 Å². The molecule has 0 saturated heterocycles. The number of hydrogen-bond donors (Lipinski definition) is 0. The van der Waals surface area contributed by atoms with Gasteiger partial charge in [-0.2, -0.15) is 0 Å². The number of nitrogens with zero attached hydrogens (tertiary/aromatic N) is 5. The third-order valence-electron chi connectivity index (χ3n) is 6.39. The highest BCUT2D eigenvalue weighted by Gasteiger charge is 2.40. The Hall–Kier alpha value is -3.54. The molecule has 0 aliphatic heterocycles. The van der Waals surface area contributed by atoms with Gasteiger partial charge >= 0.3 is 0 Å². The van der Waals surface area contributed by atoms with Gasteiger partial charge in [0.2, 0.25) is 0 Å². The molecule has 0 N–H and O–H groups in total. The molecule has 1 unspecified atom stereocenters. The normalized spacial score (nSPS) is 13.5. The second-order valence-electron chi connectivity index (χ2n) is 9.21. The molecule has 6 heteroatoms. The molecule has 2 heterocycles. The predicted molar refractivity (Wildman–Crippen MR) is 125 cm³/mol. The van der Waals surface area contributed by atoms with E-state index in [9.17, 15) is 0 Å². The van der Waals surface area contributed by atoms with Crippen LogP contribution in [0.2, 0.25) is 0 Å². The Morgan fingerprint density at radius 1 is 0.844 bits per heavy atom. The van der Waals surface area contributed by atoms with E-state index < -0.39 is 0 Å². The Kier molecular flexibility index (Phi) is 5.78. The monoisotopic (exact) mass is 427 g/mol. The molecule has 0 fully saturated rings. The predicted octanol–water partition coefficient (Wildman–Crippen LogP) is 5.20. The van der Waals surface area contributed by atoms with Gasteiger partial charge in [0.25, 0.3) is 0 Å². The minimum absolute atomic E-state index is 0.0167. The van der Waals surface area contributed by atoms with E-state index in [-0.39, 0.29) is 10.8 Å². The summed E-state index contributed by atoms with van der Waals surface area (Å²) in [5.41, 5.74) is 4.17. The van der Waals surface area contributed by atoms with Crippen molar-refractivity contribution in [2.75, 3.05) is 0 Å². The Labute approximate surface area is 189 Å². The van der Waals surface area contributed by atoms with E-state index >= 15 is 0 Å². The fourth-order valence-corrected chi connectivity index (χ4v) is 3.98. The first kappa shape index (κ1) is 21.7. The van der Waals surface area contributed by atoms with Crippen LogP contribution in [-0.4, -0.2) is 25.2 Å². The molecule has 2 aromatic carbocycles. The first-order valence-corrected chi connectivity index (χ1v) is 10.8. The molecule has 2 aromatic heterocycles. The van der Waals surface area contributed by atoms with Crippen molar-refractivity contribution >= 4 is 0 Å². The second kappa shape index (κ2) is 8.54. The van der Waals surface area contributed by atoms with Gasteiger partial charge < -0.3 is 4.74 Å². The molecule has 164 valence electrons. The minimum Gasteiger partial charge on any atom is -0.487 e. The molecule has 32 heavy (non-hydrogen) atoms. The number of rotatable bonds is 6. The molecule has 1 atom stereocenters. The van der Waals surface area contributed by atoms with Crippen molar-refractivity contribution in [3.05, 3.63) is 89.7 Å². The molecule has 4 aromatic rings. The van der Waals surface area contributed by atoms with Gasteiger partial charge in [-0.25, -0.2) is 4.68 Å². The van der Waals surface area contributed by atoms with Gasteiger partial charge in [-0.1, -0.05) is 70.2 Å². The van der Waals surface area contributed by atoms with Crippen molar-refractivity contribution in [1.29, 1.82) is 0 Å². The van der Waals surface area contributed by atoms with Crippen molar-refractivity contribution in [3.8, 4) is 17.1 Å². The van der Waals surface area contributed by atoms with Gasteiger partial charge in [0.05, 0.1) is 5.69 Å². The number of hydrogen-bond acceptors (Lipinski definition) is 5.